The summed E-state index contributed by atoms with van der Waals surface area (Å²) in [7, 11) is 6.54. The molecule has 2 aromatic rings. The van der Waals surface area contributed by atoms with Crippen LogP contribution in [-0.2, 0) is 9.59 Å². The number of hydroxylamine groups is 6. The summed E-state index contributed by atoms with van der Waals surface area (Å²) in [5, 5.41) is 29.1. The van der Waals surface area contributed by atoms with E-state index in [0.29, 0.717) is 51.4 Å². The molecule has 268 valence electrons. The molecule has 8 nitrogen and oxygen atoms in total. The number of nitrogens with one attached hydrogen (secondary N) is 2. The van der Waals surface area contributed by atoms with Crippen LogP contribution in [0.1, 0.15) is 107 Å². The predicted molar refractivity (Wildman–Crippen MR) is 197 cm³/mol. The van der Waals surface area contributed by atoms with Gasteiger partial charge in [0, 0.05) is 44.7 Å². The van der Waals surface area contributed by atoms with Gasteiger partial charge in [-0.3, -0.25) is 9.59 Å². The fraction of sp³-hybridized carbons (Fsp3) is 0.650. The van der Waals surface area contributed by atoms with E-state index in [1.807, 2.05) is 36.4 Å². The minimum atomic E-state index is -0.327. The second-order valence-electron chi connectivity index (χ2n) is 15.2. The van der Waals surface area contributed by atoms with Crippen molar-refractivity contribution in [3.63, 3.8) is 0 Å². The van der Waals surface area contributed by atoms with E-state index in [4.69, 9.17) is 0 Å². The van der Waals surface area contributed by atoms with Gasteiger partial charge in [-0.1, -0.05) is 125 Å². The highest BCUT2D eigenvalue weighted by Crippen LogP contribution is 2.41. The van der Waals surface area contributed by atoms with Gasteiger partial charge in [-0.2, -0.15) is 0 Å². The van der Waals surface area contributed by atoms with Gasteiger partial charge in [0.05, 0.1) is 41.3 Å². The van der Waals surface area contributed by atoms with Crippen LogP contribution in [0.3, 0.4) is 0 Å². The zero-order valence-corrected chi connectivity index (χ0v) is 30.3. The van der Waals surface area contributed by atoms with E-state index in [0.717, 1.165) is 29.4 Å². The monoisotopic (exact) mass is 664 g/mol. The molecular weight excluding hydrogens is 600 g/mol. The third kappa shape index (κ3) is 16.1. The van der Waals surface area contributed by atoms with Crippen molar-refractivity contribution >= 4 is 11.8 Å². The average Bonchev–Trinajstić information content (AvgIpc) is 3.07. The lowest BCUT2D eigenvalue weighted by Gasteiger charge is -2.37. The Morgan fingerprint density at radius 1 is 0.625 bits per heavy atom. The molecule has 0 spiro atoms. The molecule has 2 aliphatic carbocycles. The number of hydrogen-bond donors (Lipinski definition) is 2. The molecule has 2 aliphatic rings. The van der Waals surface area contributed by atoms with E-state index in [9.17, 15) is 20.0 Å². The van der Waals surface area contributed by atoms with Gasteiger partial charge < -0.3 is 30.3 Å². The molecule has 0 heterocycles. The van der Waals surface area contributed by atoms with Gasteiger partial charge in [-0.05, 0) is 28.9 Å². The second-order valence-corrected chi connectivity index (χ2v) is 15.2. The van der Waals surface area contributed by atoms with Crippen LogP contribution in [0.4, 0.5) is 0 Å². The van der Waals surface area contributed by atoms with Crippen LogP contribution >= 0.6 is 0 Å². The number of rotatable bonds is 16. The van der Waals surface area contributed by atoms with Gasteiger partial charge in [-0.15, -0.1) is 0 Å². The molecule has 0 unspecified atom stereocenters. The Morgan fingerprint density at radius 3 is 1.38 bits per heavy atom. The lowest BCUT2D eigenvalue weighted by Crippen LogP contribution is -2.37. The number of carbonyl (C=O) groups is 2. The van der Waals surface area contributed by atoms with Crippen molar-refractivity contribution in [2.24, 2.45) is 17.8 Å². The Labute approximate surface area is 291 Å². The highest BCUT2D eigenvalue weighted by Gasteiger charge is 2.32. The number of benzene rings is 2. The molecule has 0 saturated heterocycles. The Bertz CT molecular complexity index is 1110. The summed E-state index contributed by atoms with van der Waals surface area (Å²) in [6.45, 7) is 2.25. The highest BCUT2D eigenvalue weighted by atomic mass is 16.5. The third-order valence-corrected chi connectivity index (χ3v) is 10.1. The zero-order valence-electron chi connectivity index (χ0n) is 30.3. The average molecular weight is 665 g/mol. The maximum Gasteiger partial charge on any atom is 0.220 e. The lowest BCUT2D eigenvalue weighted by atomic mass is 9.68. The molecular formula is C40H64N4O4. The smallest absolute Gasteiger partial charge is 0.220 e. The van der Waals surface area contributed by atoms with Crippen LogP contribution < -0.4 is 10.6 Å². The van der Waals surface area contributed by atoms with Crippen LogP contribution in [0.15, 0.2) is 60.7 Å². The number of quaternary nitrogens is 2. The largest absolute Gasteiger partial charge is 0.633 e. The standard InChI is InChI=1S/C20H38N2O2.C20H26N2O2/c2*1-22(2,24)15-9-14-21-20(23)16-19(17-10-5-3-6-11-17)18-12-7-4-8-13-18/h17-19H,3-16H2,1-2H3,(H,21,23);3-8,10-13,19H,9,14-16H2,1-2H3,(H,21,23). The van der Waals surface area contributed by atoms with E-state index in [1.54, 1.807) is 28.2 Å². The molecule has 2 fully saturated rings. The first-order valence-electron chi connectivity index (χ1n) is 18.6. The number of amides is 2. The first-order valence-corrected chi connectivity index (χ1v) is 18.6. The SMILES string of the molecule is C[N+](C)([O-])CCCNC(=O)CC(C1CCCCC1)C1CCCCC1.C[N+](C)([O-])CCCNC(=O)CC(c1ccccc1)c1ccccc1. The molecule has 48 heavy (non-hydrogen) atoms. The second kappa shape index (κ2) is 20.7. The van der Waals surface area contributed by atoms with E-state index in [1.165, 1.54) is 64.2 Å². The fourth-order valence-corrected chi connectivity index (χ4v) is 7.56. The van der Waals surface area contributed by atoms with Crippen LogP contribution in [-0.4, -0.2) is 75.5 Å². The molecule has 2 amide bonds. The summed E-state index contributed by atoms with van der Waals surface area (Å²) < 4.78 is -0.602. The first kappa shape index (κ1) is 39.7. The van der Waals surface area contributed by atoms with Crippen molar-refractivity contribution in [3.8, 4) is 0 Å². The number of hydrogen-bond acceptors (Lipinski definition) is 4. The van der Waals surface area contributed by atoms with E-state index in [2.05, 4.69) is 34.9 Å². The molecule has 2 saturated carbocycles. The Hall–Kier alpha value is -2.78. The minimum absolute atomic E-state index is 0.0175. The maximum absolute atomic E-state index is 12.5. The van der Waals surface area contributed by atoms with E-state index in [-0.39, 0.29) is 27.0 Å². The van der Waals surface area contributed by atoms with Gasteiger partial charge in [0.2, 0.25) is 11.8 Å². The summed E-state index contributed by atoms with van der Waals surface area (Å²) in [4.78, 5) is 24.8. The fourth-order valence-electron chi connectivity index (χ4n) is 7.56. The highest BCUT2D eigenvalue weighted by molar-refractivity contribution is 5.77. The minimum Gasteiger partial charge on any atom is -0.633 e. The summed E-state index contributed by atoms with van der Waals surface area (Å²) in [6, 6.07) is 20.2. The molecule has 0 radical (unpaired) electrons. The molecule has 2 N–H and O–H groups in total. The van der Waals surface area contributed by atoms with Crippen molar-refractivity contribution in [1.82, 2.24) is 10.6 Å². The van der Waals surface area contributed by atoms with Gasteiger partial charge in [-0.25, -0.2) is 0 Å². The van der Waals surface area contributed by atoms with Gasteiger partial charge in [0.1, 0.15) is 0 Å². The van der Waals surface area contributed by atoms with Crippen LogP contribution in [0, 0.1) is 28.2 Å². The predicted octanol–water partition coefficient (Wildman–Crippen LogP) is 7.52. The van der Waals surface area contributed by atoms with Crippen LogP contribution in [0.2, 0.25) is 0 Å². The summed E-state index contributed by atoms with van der Waals surface area (Å²) >= 11 is 0. The lowest BCUT2D eigenvalue weighted by molar-refractivity contribution is -0.840. The van der Waals surface area contributed by atoms with E-state index >= 15 is 0 Å². The van der Waals surface area contributed by atoms with Gasteiger partial charge >= 0.3 is 0 Å². The Kier molecular flexibility index (Phi) is 17.1. The molecule has 0 bridgehead atoms. The molecule has 0 aliphatic heterocycles. The van der Waals surface area contributed by atoms with Crippen molar-refractivity contribution in [1.29, 1.82) is 0 Å². The Morgan fingerprint density at radius 2 is 1.00 bits per heavy atom. The quantitative estimate of drug-likeness (QED) is 0.110. The molecule has 8 heteroatoms. The normalized spacial score (nSPS) is 16.3. The number of carbonyl (C=O) groups excluding carboxylic acids is 2. The zero-order chi connectivity index (χ0) is 34.8. The van der Waals surface area contributed by atoms with E-state index < -0.39 is 0 Å². The van der Waals surface area contributed by atoms with Gasteiger partial charge in [0.15, 0.2) is 0 Å². The molecule has 2 aromatic carbocycles. The number of nitrogens with zero attached hydrogens (tertiary/aromatic N) is 2. The molecule has 0 atom stereocenters. The van der Waals surface area contributed by atoms with Crippen molar-refractivity contribution < 1.29 is 18.9 Å². The van der Waals surface area contributed by atoms with Crippen molar-refractivity contribution in [3.05, 3.63) is 82.2 Å². The summed E-state index contributed by atoms with van der Waals surface area (Å²) in [6.07, 6.45) is 16.1. The topological polar surface area (TPSA) is 104 Å². The maximum atomic E-state index is 12.5. The van der Waals surface area contributed by atoms with Crippen LogP contribution in [0.25, 0.3) is 0 Å². The van der Waals surface area contributed by atoms with Crippen molar-refractivity contribution in [2.45, 2.75) is 95.8 Å². The summed E-state index contributed by atoms with van der Waals surface area (Å²) in [5.41, 5.74) is 2.27. The Balaban J connectivity index is 0.000000260. The van der Waals surface area contributed by atoms with Crippen LogP contribution in [0.5, 0.6) is 0 Å². The first-order chi connectivity index (χ1) is 22.9. The molecule has 0 aromatic heterocycles. The molecule has 4 rings (SSSR count). The van der Waals surface area contributed by atoms with Crippen molar-refractivity contribution in [2.75, 3.05) is 54.4 Å². The summed E-state index contributed by atoms with van der Waals surface area (Å²) in [5.74, 6) is 2.41. The van der Waals surface area contributed by atoms with Gasteiger partial charge in [0.25, 0.3) is 0 Å². The third-order valence-electron chi connectivity index (χ3n) is 10.1.